The fourth-order valence-corrected chi connectivity index (χ4v) is 4.52. The lowest BCUT2D eigenvalue weighted by Gasteiger charge is -2.22. The van der Waals surface area contributed by atoms with E-state index >= 15 is 0 Å². The number of hydrogen-bond donors (Lipinski definition) is 1. The zero-order valence-electron chi connectivity index (χ0n) is 15.3. The van der Waals surface area contributed by atoms with Crippen LogP contribution in [0.1, 0.15) is 17.0 Å². The highest BCUT2D eigenvalue weighted by Gasteiger charge is 2.33. The van der Waals surface area contributed by atoms with Crippen LogP contribution in [0, 0.1) is 34.3 Å². The molecule has 0 saturated heterocycles. The van der Waals surface area contributed by atoms with Crippen LogP contribution in [0.15, 0.2) is 58.9 Å². The fraction of sp³-hybridized carbons (Fsp3) is 0.0455. The van der Waals surface area contributed by atoms with E-state index in [1.54, 1.807) is 12.1 Å². The molecule has 1 aromatic heterocycles. The monoisotopic (exact) mass is 418 g/mol. The van der Waals surface area contributed by atoms with Gasteiger partial charge in [-0.05, 0) is 18.2 Å². The van der Waals surface area contributed by atoms with E-state index in [1.807, 2.05) is 12.1 Å². The van der Waals surface area contributed by atoms with Crippen LogP contribution >= 0.6 is 11.3 Å². The Labute approximate surface area is 173 Å². The Bertz CT molecular complexity index is 1480. The first-order valence-electron chi connectivity index (χ1n) is 8.75. The Morgan fingerprint density at radius 3 is 2.27 bits per heavy atom. The first-order chi connectivity index (χ1) is 14.5. The van der Waals surface area contributed by atoms with Crippen molar-refractivity contribution in [1.29, 1.82) is 10.5 Å². The van der Waals surface area contributed by atoms with Crippen molar-refractivity contribution in [2.75, 3.05) is 0 Å². The van der Waals surface area contributed by atoms with Gasteiger partial charge < -0.3 is 5.73 Å². The summed E-state index contributed by atoms with van der Waals surface area (Å²) in [5.74, 6) is -2.32. The molecule has 1 atom stereocenters. The van der Waals surface area contributed by atoms with Crippen molar-refractivity contribution in [3.63, 3.8) is 0 Å². The Kier molecular flexibility index (Phi) is 4.78. The molecular formula is C22H12F2N4OS. The third kappa shape index (κ3) is 2.91. The molecule has 1 aliphatic heterocycles. The van der Waals surface area contributed by atoms with Crippen molar-refractivity contribution in [3.05, 3.63) is 96.4 Å². The average molecular weight is 418 g/mol. The standard InChI is InChI=1S/C22H12F2N4OS/c23-16-7-3-1-5-12(16)9-18-21(29)28-20(27)14(10-25)19(15(11-26)22(28)30-18)13-6-2-4-8-17(13)24/h1-9,19H,27H2/b18-9+/t19-/m1/s1. The molecule has 5 nitrogen and oxygen atoms in total. The van der Waals surface area contributed by atoms with E-state index in [1.165, 1.54) is 42.5 Å². The zero-order valence-corrected chi connectivity index (χ0v) is 16.1. The normalized spacial score (nSPS) is 16.2. The van der Waals surface area contributed by atoms with Gasteiger partial charge in [0.25, 0.3) is 5.56 Å². The van der Waals surface area contributed by atoms with E-state index in [0.717, 1.165) is 15.9 Å². The van der Waals surface area contributed by atoms with Crippen molar-refractivity contribution < 1.29 is 8.78 Å². The molecule has 2 aromatic carbocycles. The van der Waals surface area contributed by atoms with Gasteiger partial charge in [0.15, 0.2) is 0 Å². The van der Waals surface area contributed by atoms with Crippen LogP contribution in [0.4, 0.5) is 8.78 Å². The number of allylic oxidation sites excluding steroid dienone is 1. The highest BCUT2D eigenvalue weighted by molar-refractivity contribution is 7.07. The zero-order chi connectivity index (χ0) is 21.4. The molecule has 8 heteroatoms. The topological polar surface area (TPSA) is 95.6 Å². The van der Waals surface area contributed by atoms with Crippen LogP contribution in [0.2, 0.25) is 0 Å². The van der Waals surface area contributed by atoms with Gasteiger partial charge in [-0.3, -0.25) is 9.36 Å². The molecule has 0 spiro atoms. The second kappa shape index (κ2) is 7.43. The maximum absolute atomic E-state index is 14.5. The summed E-state index contributed by atoms with van der Waals surface area (Å²) in [7, 11) is 0. The molecule has 2 N–H and O–H groups in total. The van der Waals surface area contributed by atoms with E-state index in [-0.39, 0.29) is 37.3 Å². The van der Waals surface area contributed by atoms with Gasteiger partial charge in [-0.15, -0.1) is 11.3 Å². The second-order valence-electron chi connectivity index (χ2n) is 6.47. The first kappa shape index (κ1) is 19.3. The molecule has 0 bridgehead atoms. The molecule has 4 rings (SSSR count). The maximum Gasteiger partial charge on any atom is 0.274 e. The van der Waals surface area contributed by atoms with Crippen LogP contribution in [0.5, 0.6) is 0 Å². The molecule has 2 heterocycles. The summed E-state index contributed by atoms with van der Waals surface area (Å²) in [6, 6.07) is 15.6. The summed E-state index contributed by atoms with van der Waals surface area (Å²) >= 11 is 0.941. The SMILES string of the molecule is N#CC1=C(N)n2c(s/c(=C/c3ccccc3F)c2=O)=C(C#N)[C@@H]1c1ccccc1F. The molecule has 3 aromatic rings. The van der Waals surface area contributed by atoms with Crippen molar-refractivity contribution in [2.45, 2.75) is 5.92 Å². The number of halogens is 2. The van der Waals surface area contributed by atoms with Gasteiger partial charge in [0.1, 0.15) is 22.1 Å². The Balaban J connectivity index is 2.10. The number of benzene rings is 2. The van der Waals surface area contributed by atoms with E-state index < -0.39 is 23.1 Å². The molecule has 0 unspecified atom stereocenters. The molecule has 0 fully saturated rings. The summed E-state index contributed by atoms with van der Waals surface area (Å²) in [4.78, 5) is 13.0. The largest absolute Gasteiger partial charge is 0.384 e. The predicted molar refractivity (Wildman–Crippen MR) is 109 cm³/mol. The lowest BCUT2D eigenvalue weighted by atomic mass is 9.84. The van der Waals surface area contributed by atoms with Gasteiger partial charge >= 0.3 is 0 Å². The molecule has 0 saturated carbocycles. The summed E-state index contributed by atoms with van der Waals surface area (Å²) in [5, 5.41) is 19.5. The van der Waals surface area contributed by atoms with Gasteiger partial charge in [-0.1, -0.05) is 36.4 Å². The van der Waals surface area contributed by atoms with Crippen LogP contribution in [0.25, 0.3) is 17.5 Å². The lowest BCUT2D eigenvalue weighted by molar-refractivity contribution is 0.609. The van der Waals surface area contributed by atoms with E-state index in [4.69, 9.17) is 5.73 Å². The highest BCUT2D eigenvalue weighted by atomic mass is 32.1. The second-order valence-corrected chi connectivity index (χ2v) is 7.50. The molecule has 0 amide bonds. The fourth-order valence-electron chi connectivity index (χ4n) is 3.41. The maximum atomic E-state index is 14.5. The van der Waals surface area contributed by atoms with Crippen molar-refractivity contribution >= 4 is 28.8 Å². The Hall–Kier alpha value is -4.01. The summed E-state index contributed by atoms with van der Waals surface area (Å²) in [6.45, 7) is 0. The van der Waals surface area contributed by atoms with E-state index in [9.17, 15) is 24.1 Å². The minimum Gasteiger partial charge on any atom is -0.384 e. The van der Waals surface area contributed by atoms with Crippen molar-refractivity contribution in [3.8, 4) is 12.1 Å². The molecule has 1 aliphatic rings. The predicted octanol–water partition coefficient (Wildman–Crippen LogP) is 2.14. The van der Waals surface area contributed by atoms with Gasteiger partial charge in [-0.25, -0.2) is 8.78 Å². The van der Waals surface area contributed by atoms with Crippen molar-refractivity contribution in [2.24, 2.45) is 5.73 Å². The number of fused-ring (bicyclic) bond motifs is 1. The van der Waals surface area contributed by atoms with Crippen LogP contribution < -0.4 is 20.5 Å². The molecule has 0 radical (unpaired) electrons. The summed E-state index contributed by atoms with van der Waals surface area (Å²) in [6.07, 6.45) is 1.36. The summed E-state index contributed by atoms with van der Waals surface area (Å²) in [5.41, 5.74) is 5.79. The number of nitrogens with zero attached hydrogens (tertiary/aromatic N) is 3. The number of nitrogens with two attached hydrogens (primary N) is 1. The lowest BCUT2D eigenvalue weighted by Crippen LogP contribution is -2.38. The Morgan fingerprint density at radius 2 is 1.63 bits per heavy atom. The summed E-state index contributed by atoms with van der Waals surface area (Å²) < 4.78 is 29.9. The smallest absolute Gasteiger partial charge is 0.274 e. The van der Waals surface area contributed by atoms with E-state index in [2.05, 4.69) is 0 Å². The number of aromatic nitrogens is 1. The number of hydrogen-bond acceptors (Lipinski definition) is 5. The molecular weight excluding hydrogens is 406 g/mol. The minimum atomic E-state index is -1.04. The highest BCUT2D eigenvalue weighted by Crippen LogP contribution is 2.36. The minimum absolute atomic E-state index is 0.0288. The van der Waals surface area contributed by atoms with Crippen LogP contribution in [0.3, 0.4) is 0 Å². The first-order valence-corrected chi connectivity index (χ1v) is 9.56. The molecule has 30 heavy (non-hydrogen) atoms. The van der Waals surface area contributed by atoms with Crippen LogP contribution in [-0.2, 0) is 0 Å². The van der Waals surface area contributed by atoms with Gasteiger partial charge in [0.05, 0.1) is 33.7 Å². The van der Waals surface area contributed by atoms with Gasteiger partial charge in [-0.2, -0.15) is 10.5 Å². The van der Waals surface area contributed by atoms with E-state index in [0.29, 0.717) is 0 Å². The van der Waals surface area contributed by atoms with Gasteiger partial charge in [0, 0.05) is 11.1 Å². The van der Waals surface area contributed by atoms with Crippen LogP contribution in [-0.4, -0.2) is 4.57 Å². The van der Waals surface area contributed by atoms with Gasteiger partial charge in [0.2, 0.25) is 0 Å². The third-order valence-corrected chi connectivity index (χ3v) is 5.91. The average Bonchev–Trinajstić information content (AvgIpc) is 3.06. The molecule has 146 valence electrons. The number of rotatable bonds is 2. The quantitative estimate of drug-likeness (QED) is 0.690. The third-order valence-electron chi connectivity index (χ3n) is 4.80. The Morgan fingerprint density at radius 1 is 1.00 bits per heavy atom. The van der Waals surface area contributed by atoms with Crippen molar-refractivity contribution in [1.82, 2.24) is 4.57 Å². The number of nitriles is 2. The molecule has 0 aliphatic carbocycles. The number of thiazole rings is 1.